The third-order valence-corrected chi connectivity index (χ3v) is 3.24. The number of thiophene rings is 1. The summed E-state index contributed by atoms with van der Waals surface area (Å²) in [6, 6.07) is 2.06. The second-order valence-electron chi connectivity index (χ2n) is 3.58. The second-order valence-corrected chi connectivity index (χ2v) is 5.04. The number of hydrogen-bond acceptors (Lipinski definition) is 4. The van der Waals surface area contributed by atoms with Crippen molar-refractivity contribution in [1.82, 2.24) is 5.32 Å². The molecule has 0 radical (unpaired) electrons. The van der Waals surface area contributed by atoms with Crippen LogP contribution in [0.25, 0.3) is 0 Å². The lowest BCUT2D eigenvalue weighted by Gasteiger charge is -2.11. The first kappa shape index (κ1) is 12.6. The Kier molecular flexibility index (Phi) is 5.25. The number of rotatable bonds is 6. The van der Waals surface area contributed by atoms with Crippen LogP contribution in [-0.2, 0) is 4.74 Å². The summed E-state index contributed by atoms with van der Waals surface area (Å²) in [6.45, 7) is 6.14. The Labute approximate surface area is 95.1 Å². The average Bonchev–Trinajstić information content (AvgIpc) is 2.52. The summed E-state index contributed by atoms with van der Waals surface area (Å²) in [7, 11) is 1.67. The van der Waals surface area contributed by atoms with E-state index in [0.29, 0.717) is 13.2 Å². The third kappa shape index (κ3) is 3.91. The minimum Gasteiger partial charge on any atom is -0.387 e. The molecule has 0 aromatic carbocycles. The van der Waals surface area contributed by atoms with E-state index in [-0.39, 0.29) is 0 Å². The fourth-order valence-corrected chi connectivity index (χ4v) is 2.49. The van der Waals surface area contributed by atoms with E-state index in [4.69, 9.17) is 4.74 Å². The van der Waals surface area contributed by atoms with E-state index in [0.717, 1.165) is 12.1 Å². The molecule has 1 aromatic heterocycles. The van der Waals surface area contributed by atoms with Gasteiger partial charge in [-0.25, -0.2) is 0 Å². The van der Waals surface area contributed by atoms with Gasteiger partial charge in [0.2, 0.25) is 0 Å². The van der Waals surface area contributed by atoms with Crippen LogP contribution in [0.5, 0.6) is 0 Å². The Morgan fingerprint density at radius 3 is 2.80 bits per heavy atom. The molecule has 1 unspecified atom stereocenters. The molecule has 0 saturated carbocycles. The normalized spacial score (nSPS) is 13.1. The maximum atomic E-state index is 9.92. The van der Waals surface area contributed by atoms with Crippen LogP contribution in [0, 0.1) is 13.8 Å². The van der Waals surface area contributed by atoms with Crippen molar-refractivity contribution in [2.24, 2.45) is 0 Å². The number of methoxy groups -OCH3 is 1. The maximum absolute atomic E-state index is 9.92. The molecular weight excluding hydrogens is 210 g/mol. The Morgan fingerprint density at radius 1 is 1.53 bits per heavy atom. The van der Waals surface area contributed by atoms with Gasteiger partial charge in [0.15, 0.2) is 0 Å². The predicted molar refractivity (Wildman–Crippen MR) is 63.5 cm³/mol. The Morgan fingerprint density at radius 2 is 2.27 bits per heavy atom. The number of aliphatic hydroxyl groups is 1. The van der Waals surface area contributed by atoms with Crippen molar-refractivity contribution < 1.29 is 9.84 Å². The molecule has 0 aliphatic heterocycles. The van der Waals surface area contributed by atoms with E-state index < -0.39 is 6.10 Å². The number of ether oxygens (including phenoxy) is 1. The van der Waals surface area contributed by atoms with E-state index >= 15 is 0 Å². The Hall–Kier alpha value is -0.420. The second kappa shape index (κ2) is 6.23. The van der Waals surface area contributed by atoms with Crippen molar-refractivity contribution >= 4 is 11.3 Å². The fourth-order valence-electron chi connectivity index (χ4n) is 1.50. The minimum absolute atomic E-state index is 0.410. The first-order valence-corrected chi connectivity index (χ1v) is 5.91. The smallest absolute Gasteiger partial charge is 0.0925 e. The number of aryl methyl sites for hydroxylation is 2. The van der Waals surface area contributed by atoms with E-state index in [2.05, 4.69) is 18.3 Å². The largest absolute Gasteiger partial charge is 0.387 e. The monoisotopic (exact) mass is 229 g/mol. The molecule has 0 aliphatic carbocycles. The van der Waals surface area contributed by atoms with Crippen molar-refractivity contribution in [3.8, 4) is 0 Å². The quantitative estimate of drug-likeness (QED) is 0.729. The van der Waals surface area contributed by atoms with Gasteiger partial charge in [0, 0.05) is 30.0 Å². The van der Waals surface area contributed by atoms with E-state index in [1.165, 1.54) is 9.75 Å². The lowest BCUT2D eigenvalue weighted by molar-refractivity contribution is 0.161. The van der Waals surface area contributed by atoms with Crippen LogP contribution in [0.2, 0.25) is 0 Å². The standard InChI is InChI=1S/C11H19NO2S/c1-8-6-10(9(2)15-8)11(13)7-12-4-5-14-3/h6,11-13H,4-5,7H2,1-3H3. The summed E-state index contributed by atoms with van der Waals surface area (Å²) < 4.78 is 4.92. The van der Waals surface area contributed by atoms with Crippen LogP contribution >= 0.6 is 11.3 Å². The first-order valence-electron chi connectivity index (χ1n) is 5.09. The van der Waals surface area contributed by atoms with Gasteiger partial charge in [-0.3, -0.25) is 0 Å². The Balaban J connectivity index is 2.39. The molecule has 1 rings (SSSR count). The molecule has 1 atom stereocenters. The molecular formula is C11H19NO2S. The average molecular weight is 229 g/mol. The van der Waals surface area contributed by atoms with E-state index in [1.807, 2.05) is 6.92 Å². The van der Waals surface area contributed by atoms with Gasteiger partial charge in [-0.1, -0.05) is 0 Å². The van der Waals surface area contributed by atoms with Gasteiger partial charge in [-0.05, 0) is 25.5 Å². The van der Waals surface area contributed by atoms with Crippen molar-refractivity contribution in [1.29, 1.82) is 0 Å². The predicted octanol–water partition coefficient (Wildman–Crippen LogP) is 1.63. The third-order valence-electron chi connectivity index (χ3n) is 2.26. The zero-order chi connectivity index (χ0) is 11.3. The van der Waals surface area contributed by atoms with Crippen LogP contribution in [0.3, 0.4) is 0 Å². The van der Waals surface area contributed by atoms with Crippen LogP contribution in [0.1, 0.15) is 21.4 Å². The maximum Gasteiger partial charge on any atom is 0.0925 e. The van der Waals surface area contributed by atoms with Crippen molar-refractivity contribution in [3.63, 3.8) is 0 Å². The molecule has 0 spiro atoms. The molecule has 4 heteroatoms. The number of nitrogens with one attached hydrogen (secondary N) is 1. The Bertz CT molecular complexity index is 299. The highest BCUT2D eigenvalue weighted by atomic mass is 32.1. The van der Waals surface area contributed by atoms with Crippen LogP contribution in [0.4, 0.5) is 0 Å². The molecule has 1 aromatic rings. The van der Waals surface area contributed by atoms with Crippen LogP contribution in [0.15, 0.2) is 6.07 Å². The summed E-state index contributed by atoms with van der Waals surface area (Å²) in [5.41, 5.74) is 1.04. The van der Waals surface area contributed by atoms with Gasteiger partial charge in [0.1, 0.15) is 0 Å². The van der Waals surface area contributed by atoms with Gasteiger partial charge in [-0.15, -0.1) is 11.3 Å². The van der Waals surface area contributed by atoms with Crippen molar-refractivity contribution in [2.45, 2.75) is 20.0 Å². The lowest BCUT2D eigenvalue weighted by atomic mass is 10.1. The first-order chi connectivity index (χ1) is 7.15. The zero-order valence-corrected chi connectivity index (χ0v) is 10.4. The van der Waals surface area contributed by atoms with Gasteiger partial charge in [0.05, 0.1) is 12.7 Å². The molecule has 15 heavy (non-hydrogen) atoms. The molecule has 1 heterocycles. The molecule has 0 amide bonds. The summed E-state index contributed by atoms with van der Waals surface area (Å²) in [4.78, 5) is 2.45. The number of hydrogen-bond donors (Lipinski definition) is 2. The van der Waals surface area contributed by atoms with Gasteiger partial charge in [0.25, 0.3) is 0 Å². The molecule has 0 fully saturated rings. The summed E-state index contributed by atoms with van der Waals surface area (Å²) >= 11 is 1.73. The summed E-state index contributed by atoms with van der Waals surface area (Å²) in [5, 5.41) is 13.1. The summed E-state index contributed by atoms with van der Waals surface area (Å²) in [5.74, 6) is 0. The van der Waals surface area contributed by atoms with Gasteiger partial charge in [-0.2, -0.15) is 0 Å². The van der Waals surface area contributed by atoms with E-state index in [1.54, 1.807) is 18.4 Å². The minimum atomic E-state index is -0.410. The molecule has 0 aliphatic rings. The zero-order valence-electron chi connectivity index (χ0n) is 9.54. The summed E-state index contributed by atoms with van der Waals surface area (Å²) in [6.07, 6.45) is -0.410. The fraction of sp³-hybridized carbons (Fsp3) is 0.636. The lowest BCUT2D eigenvalue weighted by Crippen LogP contribution is -2.25. The van der Waals surface area contributed by atoms with Crippen molar-refractivity contribution in [2.75, 3.05) is 26.8 Å². The van der Waals surface area contributed by atoms with Crippen LogP contribution < -0.4 is 5.32 Å². The van der Waals surface area contributed by atoms with Gasteiger partial charge < -0.3 is 15.2 Å². The SMILES string of the molecule is COCCNCC(O)c1cc(C)sc1C. The molecule has 2 N–H and O–H groups in total. The topological polar surface area (TPSA) is 41.5 Å². The highest BCUT2D eigenvalue weighted by molar-refractivity contribution is 7.12. The molecule has 3 nitrogen and oxygen atoms in total. The van der Waals surface area contributed by atoms with E-state index in [9.17, 15) is 5.11 Å². The highest BCUT2D eigenvalue weighted by Gasteiger charge is 2.12. The van der Waals surface area contributed by atoms with Gasteiger partial charge >= 0.3 is 0 Å². The number of aliphatic hydroxyl groups excluding tert-OH is 1. The van der Waals surface area contributed by atoms with Crippen molar-refractivity contribution in [3.05, 3.63) is 21.4 Å². The molecule has 86 valence electrons. The highest BCUT2D eigenvalue weighted by Crippen LogP contribution is 2.25. The molecule has 0 bridgehead atoms. The molecule has 0 saturated heterocycles. The van der Waals surface area contributed by atoms with Crippen LogP contribution in [-0.4, -0.2) is 31.9 Å².